The molecule has 0 spiro atoms. The number of nitrogens with two attached hydrogens (primary N) is 2. The number of nitrogen functional groups attached to an aromatic ring is 1. The first-order valence-corrected chi connectivity index (χ1v) is 15.4. The molecule has 4 rings (SSSR count). The van der Waals surface area contributed by atoms with Crippen LogP contribution in [-0.2, 0) is 26.4 Å². The molecule has 1 aromatic rings. The lowest BCUT2D eigenvalue weighted by Crippen LogP contribution is -2.63. The van der Waals surface area contributed by atoms with E-state index in [1.165, 1.54) is 4.90 Å². The first-order chi connectivity index (χ1) is 20.2. The number of carbonyl (C=O) groups is 3. The van der Waals surface area contributed by atoms with Crippen LogP contribution in [0, 0.1) is 11.8 Å². The number of allylic oxidation sites excluding steroid dienone is 1. The molecule has 0 aliphatic heterocycles. The first kappa shape index (κ1) is 34.8. The lowest BCUT2D eigenvalue weighted by Gasteiger charge is -2.50. The summed E-state index contributed by atoms with van der Waals surface area (Å²) in [5, 5.41) is 45.0. The van der Waals surface area contributed by atoms with Gasteiger partial charge >= 0.3 is 10.4 Å². The molecule has 1 aromatic carbocycles. The van der Waals surface area contributed by atoms with Gasteiger partial charge in [-0.25, -0.2) is 0 Å². The van der Waals surface area contributed by atoms with Crippen molar-refractivity contribution in [1.82, 2.24) is 4.90 Å². The van der Waals surface area contributed by atoms with Crippen LogP contribution in [0.5, 0.6) is 5.75 Å². The van der Waals surface area contributed by atoms with E-state index < -0.39 is 74.2 Å². The number of carbonyl (C=O) groups excluding carboxylic acids is 3. The maximum Gasteiger partial charge on any atom is 0.394 e. The minimum atomic E-state index is -4.67. The molecule has 16 heteroatoms. The van der Waals surface area contributed by atoms with Gasteiger partial charge in [0, 0.05) is 29.8 Å². The average Bonchev–Trinajstić information content (AvgIpc) is 2.89. The Morgan fingerprint density at radius 1 is 1.16 bits per heavy atom. The number of hydrogen-bond acceptors (Lipinski definition) is 12. The summed E-state index contributed by atoms with van der Waals surface area (Å²) in [6.07, 6.45) is 1.91. The first-order valence-electron chi connectivity index (χ1n) is 14.0. The van der Waals surface area contributed by atoms with Gasteiger partial charge in [0.1, 0.15) is 22.8 Å². The monoisotopic (exact) mass is 640 g/mol. The molecular weight excluding hydrogens is 600 g/mol. The molecule has 0 bridgehead atoms. The Balaban J connectivity index is 0.000000978. The molecule has 44 heavy (non-hydrogen) atoms. The number of nitrogens with zero attached hydrogens (tertiary/aromatic N) is 2. The molecule has 0 saturated heterocycles. The van der Waals surface area contributed by atoms with Gasteiger partial charge in [-0.05, 0) is 64.3 Å². The van der Waals surface area contributed by atoms with Crippen molar-refractivity contribution in [2.45, 2.75) is 64.1 Å². The molecule has 3 aliphatic rings. The van der Waals surface area contributed by atoms with Crippen molar-refractivity contribution in [2.24, 2.45) is 17.6 Å². The second-order valence-electron chi connectivity index (χ2n) is 11.5. The van der Waals surface area contributed by atoms with Crippen LogP contribution in [0.2, 0.25) is 0 Å². The van der Waals surface area contributed by atoms with Gasteiger partial charge in [0.05, 0.1) is 17.3 Å². The molecule has 0 saturated carbocycles. The van der Waals surface area contributed by atoms with E-state index in [0.29, 0.717) is 17.8 Å². The van der Waals surface area contributed by atoms with Crippen molar-refractivity contribution < 1.29 is 52.3 Å². The van der Waals surface area contributed by atoms with Crippen molar-refractivity contribution in [2.75, 3.05) is 31.3 Å². The standard InChI is InChI=1S/C28H38N4O7.H2O4S/c1-6-8-32(12(3)7-2)17-11-16(29)22(33)19-14(17)9-13-10-15-21(31(4)5)24(35)20(27(30)38)26(37)28(15,39)25(36)18(13)23(19)34;1-5(2,3)4/h11-13,15,21,33,35-36,39H,6-10,29H2,1-5H3,(H2,30,38);(H2,1,2,3,4)/t12?,13?,15?,21-,28-;/m0./s1. The minimum Gasteiger partial charge on any atom is -0.510 e. The largest absolute Gasteiger partial charge is 0.510 e. The zero-order chi connectivity index (χ0) is 33.6. The van der Waals surface area contributed by atoms with Crippen LogP contribution in [0.25, 0.3) is 0 Å². The maximum atomic E-state index is 14.0. The highest BCUT2D eigenvalue weighted by atomic mass is 32.3. The number of ketones is 2. The van der Waals surface area contributed by atoms with Crippen molar-refractivity contribution in [3.05, 3.63) is 39.9 Å². The van der Waals surface area contributed by atoms with Gasteiger partial charge in [-0.15, -0.1) is 0 Å². The highest BCUT2D eigenvalue weighted by molar-refractivity contribution is 7.79. The topological polar surface area (TPSA) is 265 Å². The predicted octanol–water partition coefficient (Wildman–Crippen LogP) is 1.06. The molecule has 0 fully saturated rings. The van der Waals surface area contributed by atoms with E-state index in [1.807, 2.05) is 6.92 Å². The van der Waals surface area contributed by atoms with Crippen LogP contribution in [-0.4, -0.2) is 98.6 Å². The van der Waals surface area contributed by atoms with E-state index in [1.54, 1.807) is 20.2 Å². The number of phenolic OH excluding ortho intramolecular Hbond substituents is 1. The fourth-order valence-corrected chi connectivity index (χ4v) is 6.61. The number of hydrogen-bond donors (Lipinski definition) is 8. The number of rotatable bonds is 7. The average molecular weight is 641 g/mol. The lowest BCUT2D eigenvalue weighted by molar-refractivity contribution is -0.148. The third kappa shape index (κ3) is 5.87. The number of benzene rings is 1. The van der Waals surface area contributed by atoms with Gasteiger partial charge in [-0.1, -0.05) is 13.8 Å². The lowest BCUT2D eigenvalue weighted by atomic mass is 9.58. The predicted molar refractivity (Wildman–Crippen MR) is 160 cm³/mol. The molecule has 15 nitrogen and oxygen atoms in total. The molecule has 10 N–H and O–H groups in total. The summed E-state index contributed by atoms with van der Waals surface area (Å²) in [5.41, 5.74) is 9.04. The van der Waals surface area contributed by atoms with Gasteiger partial charge in [-0.2, -0.15) is 8.42 Å². The summed E-state index contributed by atoms with van der Waals surface area (Å²) < 4.78 is 31.6. The zero-order valence-corrected chi connectivity index (χ0v) is 25.9. The fraction of sp³-hybridized carbons (Fsp3) is 0.536. The molecule has 3 unspecified atom stereocenters. The molecule has 0 aromatic heterocycles. The van der Waals surface area contributed by atoms with Crippen LogP contribution >= 0.6 is 0 Å². The second kappa shape index (κ2) is 12.4. The van der Waals surface area contributed by atoms with Crippen molar-refractivity contribution in [3.8, 4) is 5.75 Å². The van der Waals surface area contributed by atoms with E-state index in [4.69, 9.17) is 29.0 Å². The van der Waals surface area contributed by atoms with Crippen LogP contribution in [0.4, 0.5) is 11.4 Å². The number of aromatic hydroxyl groups is 1. The van der Waals surface area contributed by atoms with Gasteiger partial charge in [-0.3, -0.25) is 28.4 Å². The third-order valence-electron chi connectivity index (χ3n) is 8.63. The summed E-state index contributed by atoms with van der Waals surface area (Å²) in [4.78, 5) is 43.2. The molecule has 0 radical (unpaired) electrons. The van der Waals surface area contributed by atoms with Crippen LogP contribution in [0.1, 0.15) is 56.0 Å². The molecule has 1 amide bonds. The fourth-order valence-electron chi connectivity index (χ4n) is 6.61. The Morgan fingerprint density at radius 2 is 1.73 bits per heavy atom. The molecule has 244 valence electrons. The normalized spacial score (nSPS) is 25.5. The molecule has 5 atom stereocenters. The summed E-state index contributed by atoms with van der Waals surface area (Å²) in [6.45, 7) is 6.85. The number of Topliss-reactive ketones (excluding diaryl/α,β-unsaturated/α-hetero) is 2. The van der Waals surface area contributed by atoms with Crippen LogP contribution in [0.3, 0.4) is 0 Å². The van der Waals surface area contributed by atoms with Gasteiger partial charge in [0.15, 0.2) is 11.4 Å². The Hall–Kier alpha value is -3.70. The van der Waals surface area contributed by atoms with Gasteiger partial charge in [0.25, 0.3) is 5.91 Å². The van der Waals surface area contributed by atoms with Crippen LogP contribution in [0.15, 0.2) is 28.7 Å². The van der Waals surface area contributed by atoms with E-state index >= 15 is 0 Å². The number of likely N-dealkylation sites (N-methyl/N-ethyl adjacent to an activating group) is 1. The van der Waals surface area contributed by atoms with E-state index in [2.05, 4.69) is 18.7 Å². The van der Waals surface area contributed by atoms with Gasteiger partial charge < -0.3 is 36.8 Å². The Bertz CT molecular complexity index is 1540. The number of fused-ring (bicyclic) bond motifs is 3. The second-order valence-corrected chi connectivity index (χ2v) is 12.4. The van der Waals surface area contributed by atoms with E-state index in [-0.39, 0.29) is 35.7 Å². The Labute approximate surface area is 255 Å². The maximum absolute atomic E-state index is 14.0. The summed E-state index contributed by atoms with van der Waals surface area (Å²) in [6, 6.07) is 0.738. The van der Waals surface area contributed by atoms with Crippen molar-refractivity contribution in [1.29, 1.82) is 0 Å². The quantitative estimate of drug-likeness (QED) is 0.0897. The Kier molecular flexibility index (Phi) is 9.77. The van der Waals surface area contributed by atoms with E-state index in [0.717, 1.165) is 12.8 Å². The zero-order valence-electron chi connectivity index (χ0n) is 25.1. The molecule has 0 heterocycles. The van der Waals surface area contributed by atoms with Crippen molar-refractivity contribution >= 4 is 39.2 Å². The Morgan fingerprint density at radius 3 is 2.20 bits per heavy atom. The summed E-state index contributed by atoms with van der Waals surface area (Å²) in [7, 11) is -1.47. The number of anilines is 2. The third-order valence-corrected chi connectivity index (χ3v) is 8.63. The van der Waals surface area contributed by atoms with Crippen molar-refractivity contribution in [3.63, 3.8) is 0 Å². The highest BCUT2D eigenvalue weighted by Gasteiger charge is 2.63. The molecule has 3 aliphatic carbocycles. The smallest absolute Gasteiger partial charge is 0.394 e. The number of aliphatic hydroxyl groups excluding tert-OH is 2. The number of amides is 1. The van der Waals surface area contributed by atoms with Gasteiger partial charge in [0.2, 0.25) is 5.78 Å². The highest BCUT2D eigenvalue weighted by Crippen LogP contribution is 2.53. The summed E-state index contributed by atoms with van der Waals surface area (Å²) in [5.74, 6) is -6.89. The van der Waals surface area contributed by atoms with E-state index in [9.17, 15) is 34.8 Å². The van der Waals surface area contributed by atoms with Crippen LogP contribution < -0.4 is 16.4 Å². The molecular formula is C28H40N4O11S. The summed E-state index contributed by atoms with van der Waals surface area (Å²) >= 11 is 0. The SMILES string of the molecule is CCCN(c1cc(N)c(O)c2c1CC1CC3[C@H](N(C)C)C(O)=C(C(N)=O)C(=O)[C@@]3(O)C(O)=C1C2=O)C(C)CC.O=S(=O)(O)O. The number of primary amides is 1. The number of aliphatic hydroxyl groups is 3. The number of phenols is 1. The minimum absolute atomic E-state index is 0.00210.